The minimum Gasteiger partial charge on any atom is -0.506 e. The van der Waals surface area contributed by atoms with E-state index in [1.807, 2.05) is 55.4 Å². The highest BCUT2D eigenvalue weighted by atomic mass is 16.5. The van der Waals surface area contributed by atoms with Gasteiger partial charge in [0.25, 0.3) is 0 Å². The second-order valence-electron chi connectivity index (χ2n) is 6.75. The topological polar surface area (TPSA) is 44.7 Å². The molecule has 0 aromatic heterocycles. The van der Waals surface area contributed by atoms with Crippen LogP contribution in [0.25, 0.3) is 21.5 Å². The van der Waals surface area contributed by atoms with Crippen LogP contribution in [0.2, 0.25) is 0 Å². The van der Waals surface area contributed by atoms with Gasteiger partial charge in [-0.1, -0.05) is 24.3 Å². The molecule has 1 aliphatic heterocycles. The average Bonchev–Trinajstić information content (AvgIpc) is 2.65. The number of hydrogen-bond acceptors (Lipinski definition) is 4. The predicted molar refractivity (Wildman–Crippen MR) is 107 cm³/mol. The number of nitrogens with one attached hydrogen (secondary N) is 1. The maximum Gasteiger partial charge on any atom is 0.151 e. The highest BCUT2D eigenvalue weighted by Crippen LogP contribution is 2.47. The first kappa shape index (κ1) is 14.9. The van der Waals surface area contributed by atoms with Gasteiger partial charge in [-0.15, -0.1) is 0 Å². The van der Waals surface area contributed by atoms with Crippen molar-refractivity contribution < 1.29 is 9.84 Å². The molecule has 26 heavy (non-hydrogen) atoms. The molecule has 0 saturated heterocycles. The number of phenols is 1. The largest absolute Gasteiger partial charge is 0.506 e. The third kappa shape index (κ3) is 2.02. The second kappa shape index (κ2) is 5.30. The molecule has 1 heterocycles. The lowest BCUT2D eigenvalue weighted by molar-refractivity contribution is 0.476. The van der Waals surface area contributed by atoms with E-state index in [4.69, 9.17) is 4.74 Å². The minimum absolute atomic E-state index is 0.287. The van der Waals surface area contributed by atoms with Gasteiger partial charge in [-0.2, -0.15) is 0 Å². The van der Waals surface area contributed by atoms with E-state index in [0.717, 1.165) is 50.1 Å². The molecule has 0 spiro atoms. The van der Waals surface area contributed by atoms with E-state index in [0.29, 0.717) is 0 Å². The van der Waals surface area contributed by atoms with E-state index in [2.05, 4.69) is 23.5 Å². The van der Waals surface area contributed by atoms with Crippen LogP contribution in [0.1, 0.15) is 0 Å². The third-order valence-corrected chi connectivity index (χ3v) is 4.92. The maximum absolute atomic E-state index is 10.3. The van der Waals surface area contributed by atoms with Gasteiger partial charge in [-0.25, -0.2) is 0 Å². The number of hydrogen-bond donors (Lipinski definition) is 2. The van der Waals surface area contributed by atoms with Gasteiger partial charge in [0, 0.05) is 24.9 Å². The Hall–Kier alpha value is -3.40. The summed E-state index contributed by atoms with van der Waals surface area (Å²) in [6.45, 7) is 0. The fourth-order valence-corrected chi connectivity index (χ4v) is 3.77. The summed E-state index contributed by atoms with van der Waals surface area (Å²) in [7, 11) is 3.88. The summed E-state index contributed by atoms with van der Waals surface area (Å²) < 4.78 is 6.07. The number of ether oxygens (including phenoxy) is 1. The SMILES string of the molecule is CN(C)c1c(O)ccc2c1ccc1c3c(ccc12)Oc1ccccc1N3. The molecule has 0 amide bonds. The Morgan fingerprint density at radius 3 is 2.31 bits per heavy atom. The molecular weight excluding hydrogens is 324 g/mol. The lowest BCUT2D eigenvalue weighted by atomic mass is 9.98. The highest BCUT2D eigenvalue weighted by molar-refractivity contribution is 6.16. The van der Waals surface area contributed by atoms with Crippen molar-refractivity contribution in [1.29, 1.82) is 0 Å². The molecular formula is C22H18N2O2. The van der Waals surface area contributed by atoms with Gasteiger partial charge in [0.15, 0.2) is 11.5 Å². The van der Waals surface area contributed by atoms with E-state index in [-0.39, 0.29) is 5.75 Å². The maximum atomic E-state index is 10.3. The van der Waals surface area contributed by atoms with Crippen LogP contribution in [0.4, 0.5) is 17.1 Å². The number of para-hydroxylation sites is 2. The van der Waals surface area contributed by atoms with Crippen LogP contribution < -0.4 is 15.0 Å². The van der Waals surface area contributed by atoms with Crippen LogP contribution in [0.3, 0.4) is 0 Å². The van der Waals surface area contributed by atoms with Gasteiger partial charge in [-0.05, 0) is 47.2 Å². The Labute approximate surface area is 151 Å². The summed E-state index contributed by atoms with van der Waals surface area (Å²) in [6, 6.07) is 19.9. The van der Waals surface area contributed by atoms with Crippen molar-refractivity contribution in [3.8, 4) is 17.2 Å². The Morgan fingerprint density at radius 2 is 1.46 bits per heavy atom. The van der Waals surface area contributed by atoms with Crippen LogP contribution in [-0.4, -0.2) is 19.2 Å². The van der Waals surface area contributed by atoms with Crippen molar-refractivity contribution in [2.24, 2.45) is 0 Å². The second-order valence-corrected chi connectivity index (χ2v) is 6.75. The Bertz CT molecular complexity index is 1180. The fraction of sp³-hybridized carbons (Fsp3) is 0.0909. The van der Waals surface area contributed by atoms with Gasteiger partial charge in [0.2, 0.25) is 0 Å². The molecule has 1 aliphatic rings. The molecule has 4 heteroatoms. The molecule has 5 rings (SSSR count). The number of rotatable bonds is 1. The predicted octanol–water partition coefficient (Wildman–Crippen LogP) is 5.61. The van der Waals surface area contributed by atoms with Gasteiger partial charge in [0.05, 0.1) is 17.1 Å². The van der Waals surface area contributed by atoms with E-state index >= 15 is 0 Å². The Morgan fingerprint density at radius 1 is 0.769 bits per heavy atom. The summed E-state index contributed by atoms with van der Waals surface area (Å²) in [4.78, 5) is 1.94. The van der Waals surface area contributed by atoms with Crippen molar-refractivity contribution in [2.75, 3.05) is 24.3 Å². The van der Waals surface area contributed by atoms with Crippen molar-refractivity contribution in [3.05, 3.63) is 60.7 Å². The van der Waals surface area contributed by atoms with Crippen LogP contribution >= 0.6 is 0 Å². The molecule has 128 valence electrons. The zero-order valence-electron chi connectivity index (χ0n) is 14.6. The van der Waals surface area contributed by atoms with E-state index in [9.17, 15) is 5.11 Å². The summed E-state index contributed by atoms with van der Waals surface area (Å²) >= 11 is 0. The van der Waals surface area contributed by atoms with Crippen molar-refractivity contribution in [1.82, 2.24) is 0 Å². The summed E-state index contributed by atoms with van der Waals surface area (Å²) in [5.41, 5.74) is 2.77. The van der Waals surface area contributed by atoms with Crippen molar-refractivity contribution in [2.45, 2.75) is 0 Å². The van der Waals surface area contributed by atoms with E-state index in [1.54, 1.807) is 6.07 Å². The molecule has 0 saturated carbocycles. The summed E-state index contributed by atoms with van der Waals surface area (Å²) in [5.74, 6) is 1.94. The Balaban J connectivity index is 1.80. The molecule has 0 aliphatic carbocycles. The standard InChI is InChI=1S/C22H18N2O2/c1-24(2)22-16-8-7-15-13(14(16)9-11-18(22)25)10-12-20-21(15)23-17-5-3-4-6-19(17)26-20/h3-12,23,25H,1-2H3. The smallest absolute Gasteiger partial charge is 0.151 e. The van der Waals surface area contributed by atoms with Gasteiger partial charge >= 0.3 is 0 Å². The quantitative estimate of drug-likeness (QED) is 0.388. The van der Waals surface area contributed by atoms with E-state index < -0.39 is 0 Å². The molecule has 4 aromatic rings. The number of benzene rings is 4. The van der Waals surface area contributed by atoms with Crippen LogP contribution in [0.5, 0.6) is 17.2 Å². The molecule has 2 N–H and O–H groups in total. The van der Waals surface area contributed by atoms with Crippen LogP contribution in [0, 0.1) is 0 Å². The van der Waals surface area contributed by atoms with Gasteiger partial charge in [-0.3, -0.25) is 0 Å². The van der Waals surface area contributed by atoms with Crippen molar-refractivity contribution in [3.63, 3.8) is 0 Å². The summed E-state index contributed by atoms with van der Waals surface area (Å²) in [6.07, 6.45) is 0. The molecule has 0 unspecified atom stereocenters. The van der Waals surface area contributed by atoms with Crippen molar-refractivity contribution >= 4 is 38.6 Å². The van der Waals surface area contributed by atoms with Crippen LogP contribution in [-0.2, 0) is 0 Å². The minimum atomic E-state index is 0.287. The fourth-order valence-electron chi connectivity index (χ4n) is 3.77. The molecule has 4 nitrogen and oxygen atoms in total. The zero-order chi connectivity index (χ0) is 17.8. The number of anilines is 3. The first-order valence-electron chi connectivity index (χ1n) is 8.56. The molecule has 4 aromatic carbocycles. The third-order valence-electron chi connectivity index (χ3n) is 4.92. The molecule has 0 bridgehead atoms. The molecule has 0 radical (unpaired) electrons. The number of phenolic OH excluding ortho intramolecular Hbond substituents is 1. The van der Waals surface area contributed by atoms with Crippen LogP contribution in [0.15, 0.2) is 60.7 Å². The van der Waals surface area contributed by atoms with Gasteiger partial charge < -0.3 is 20.1 Å². The number of fused-ring (bicyclic) bond motifs is 6. The zero-order valence-corrected chi connectivity index (χ0v) is 14.6. The van der Waals surface area contributed by atoms with E-state index in [1.165, 1.54) is 0 Å². The van der Waals surface area contributed by atoms with Gasteiger partial charge in [0.1, 0.15) is 5.75 Å². The molecule has 0 atom stereocenters. The normalized spacial score (nSPS) is 12.2. The number of aromatic hydroxyl groups is 1. The average molecular weight is 342 g/mol. The summed E-state index contributed by atoms with van der Waals surface area (Å²) in [5, 5.41) is 18.1. The first-order valence-corrected chi connectivity index (χ1v) is 8.56. The molecule has 0 fully saturated rings. The number of nitrogens with zero attached hydrogens (tertiary/aromatic N) is 1. The Kier molecular flexibility index (Phi) is 3.04. The highest BCUT2D eigenvalue weighted by Gasteiger charge is 2.20. The monoisotopic (exact) mass is 342 g/mol. The first-order chi connectivity index (χ1) is 12.6. The lowest BCUT2D eigenvalue weighted by Crippen LogP contribution is -2.09. The lowest BCUT2D eigenvalue weighted by Gasteiger charge is -2.24.